The number of hydrogen-bond acceptors (Lipinski definition) is 3. The lowest BCUT2D eigenvalue weighted by Crippen LogP contribution is -2.53. The van der Waals surface area contributed by atoms with E-state index >= 15 is 0 Å². The van der Waals surface area contributed by atoms with E-state index in [-0.39, 0.29) is 11.8 Å². The maximum Gasteiger partial charge on any atom is 0.324 e. The molecule has 0 unspecified atom stereocenters. The van der Waals surface area contributed by atoms with Crippen LogP contribution in [-0.4, -0.2) is 27.7 Å². The van der Waals surface area contributed by atoms with Gasteiger partial charge in [-0.15, -0.1) is 0 Å². The van der Waals surface area contributed by atoms with Gasteiger partial charge in [0.15, 0.2) is 0 Å². The number of carboxylic acids is 2. The fraction of sp³-hybridized carbons (Fsp3) is 0.750. The standard InChI is InChI=1S/C8H11NO4/c9-8(7(12)13)2-3-1-4(8)5(3)6(10)11/h3-5H,1-2,9H2,(H,10,11)(H,12,13)/t3-,4-,5+,8-/m0/s1. The van der Waals surface area contributed by atoms with Gasteiger partial charge in [0.05, 0.1) is 5.92 Å². The van der Waals surface area contributed by atoms with Crippen molar-refractivity contribution in [2.45, 2.75) is 18.4 Å². The Hall–Kier alpha value is -1.10. The molecule has 0 aliphatic heterocycles. The molecule has 3 saturated carbocycles. The molecule has 72 valence electrons. The number of hydrogen-bond donors (Lipinski definition) is 3. The van der Waals surface area contributed by atoms with Gasteiger partial charge in [-0.25, -0.2) is 0 Å². The van der Waals surface area contributed by atoms with Gasteiger partial charge >= 0.3 is 11.9 Å². The van der Waals surface area contributed by atoms with E-state index in [0.717, 1.165) is 0 Å². The molecule has 0 heterocycles. The quantitative estimate of drug-likeness (QED) is 0.539. The smallest absolute Gasteiger partial charge is 0.324 e. The van der Waals surface area contributed by atoms with Crippen molar-refractivity contribution in [3.05, 3.63) is 0 Å². The van der Waals surface area contributed by atoms with E-state index in [9.17, 15) is 9.59 Å². The number of fused-ring (bicyclic) bond motifs is 1. The third-order valence-electron chi connectivity index (χ3n) is 3.44. The average Bonchev–Trinajstić information content (AvgIpc) is 2.38. The van der Waals surface area contributed by atoms with Crippen LogP contribution in [0.2, 0.25) is 0 Å². The summed E-state index contributed by atoms with van der Waals surface area (Å²) in [4.78, 5) is 21.5. The molecule has 0 aromatic heterocycles. The van der Waals surface area contributed by atoms with E-state index in [1.807, 2.05) is 0 Å². The minimum Gasteiger partial charge on any atom is -0.481 e. The predicted octanol–water partition coefficient (Wildman–Crippen LogP) is -0.491. The first-order valence-corrected chi connectivity index (χ1v) is 4.22. The van der Waals surface area contributed by atoms with Gasteiger partial charge in [0.25, 0.3) is 0 Å². The van der Waals surface area contributed by atoms with Crippen LogP contribution < -0.4 is 5.73 Å². The number of nitrogens with two attached hydrogens (primary N) is 1. The first-order valence-electron chi connectivity index (χ1n) is 4.22. The molecule has 2 bridgehead atoms. The van der Waals surface area contributed by atoms with E-state index in [1.54, 1.807) is 0 Å². The van der Waals surface area contributed by atoms with Crippen LogP contribution in [0.5, 0.6) is 0 Å². The minimum atomic E-state index is -1.28. The van der Waals surface area contributed by atoms with Crippen LogP contribution in [0, 0.1) is 17.8 Å². The van der Waals surface area contributed by atoms with Crippen molar-refractivity contribution in [2.75, 3.05) is 0 Å². The van der Waals surface area contributed by atoms with Crippen molar-refractivity contribution in [3.8, 4) is 0 Å². The van der Waals surface area contributed by atoms with Gasteiger partial charge in [-0.2, -0.15) is 0 Å². The topological polar surface area (TPSA) is 101 Å². The second kappa shape index (κ2) is 2.23. The molecule has 0 aromatic rings. The summed E-state index contributed by atoms with van der Waals surface area (Å²) in [5, 5.41) is 17.6. The van der Waals surface area contributed by atoms with E-state index in [4.69, 9.17) is 15.9 Å². The molecule has 3 aliphatic carbocycles. The van der Waals surface area contributed by atoms with Crippen molar-refractivity contribution in [3.63, 3.8) is 0 Å². The molecule has 0 aromatic carbocycles. The second-order valence-electron chi connectivity index (χ2n) is 4.02. The van der Waals surface area contributed by atoms with Crippen molar-refractivity contribution < 1.29 is 19.8 Å². The molecule has 0 radical (unpaired) electrons. The molecule has 3 fully saturated rings. The zero-order valence-electron chi connectivity index (χ0n) is 6.93. The molecular weight excluding hydrogens is 174 g/mol. The first-order chi connectivity index (χ1) is 5.97. The lowest BCUT2D eigenvalue weighted by atomic mass is 9.69. The summed E-state index contributed by atoms with van der Waals surface area (Å²) in [6.07, 6.45) is 0.962. The van der Waals surface area contributed by atoms with E-state index in [2.05, 4.69) is 0 Å². The molecule has 5 heteroatoms. The molecule has 0 spiro atoms. The van der Waals surface area contributed by atoms with Crippen LogP contribution in [0.3, 0.4) is 0 Å². The van der Waals surface area contributed by atoms with Gasteiger partial charge in [-0.1, -0.05) is 0 Å². The Morgan fingerprint density at radius 2 is 2.00 bits per heavy atom. The highest BCUT2D eigenvalue weighted by molar-refractivity contribution is 5.84. The minimum absolute atomic E-state index is 0.0244. The Morgan fingerprint density at radius 3 is 2.31 bits per heavy atom. The third-order valence-corrected chi connectivity index (χ3v) is 3.44. The molecule has 3 aliphatic rings. The summed E-state index contributed by atoms with van der Waals surface area (Å²) in [6, 6.07) is 0. The van der Waals surface area contributed by atoms with Crippen LogP contribution in [0.1, 0.15) is 12.8 Å². The van der Waals surface area contributed by atoms with Crippen molar-refractivity contribution in [1.29, 1.82) is 0 Å². The summed E-state index contributed by atoms with van der Waals surface area (Å²) in [5.74, 6) is -2.89. The molecule has 13 heavy (non-hydrogen) atoms. The Labute approximate surface area is 74.5 Å². The first kappa shape index (κ1) is 8.50. The Balaban J connectivity index is 2.24. The fourth-order valence-electron chi connectivity index (χ4n) is 2.70. The normalized spacial score (nSPS) is 47.0. The number of carbonyl (C=O) groups is 2. The van der Waals surface area contributed by atoms with Gasteiger partial charge in [0.1, 0.15) is 5.54 Å². The summed E-state index contributed by atoms with van der Waals surface area (Å²) in [7, 11) is 0. The molecule has 3 rings (SSSR count). The average molecular weight is 185 g/mol. The third kappa shape index (κ3) is 0.848. The van der Waals surface area contributed by atoms with Crippen molar-refractivity contribution >= 4 is 11.9 Å². The Bertz CT molecular complexity index is 290. The van der Waals surface area contributed by atoms with Crippen LogP contribution in [0.4, 0.5) is 0 Å². The summed E-state index contributed by atoms with van der Waals surface area (Å²) < 4.78 is 0. The number of carboxylic acid groups (broad SMARTS) is 2. The zero-order valence-corrected chi connectivity index (χ0v) is 6.93. The van der Waals surface area contributed by atoms with Crippen LogP contribution in [0.25, 0.3) is 0 Å². The highest BCUT2D eigenvalue weighted by Crippen LogP contribution is 2.58. The van der Waals surface area contributed by atoms with Crippen LogP contribution >= 0.6 is 0 Å². The highest BCUT2D eigenvalue weighted by atomic mass is 16.4. The molecule has 0 saturated heterocycles. The van der Waals surface area contributed by atoms with Crippen LogP contribution in [-0.2, 0) is 9.59 Å². The molecular formula is C8H11NO4. The molecule has 0 amide bonds. The van der Waals surface area contributed by atoms with E-state index in [1.165, 1.54) is 0 Å². The molecule has 5 nitrogen and oxygen atoms in total. The largest absolute Gasteiger partial charge is 0.481 e. The van der Waals surface area contributed by atoms with Gasteiger partial charge in [-0.3, -0.25) is 9.59 Å². The summed E-state index contributed by atoms with van der Waals surface area (Å²) in [5.41, 5.74) is 4.37. The maximum atomic E-state index is 10.8. The van der Waals surface area contributed by atoms with Gasteiger partial charge in [0, 0.05) is 5.92 Å². The summed E-state index contributed by atoms with van der Waals surface area (Å²) in [6.45, 7) is 0. The number of aliphatic carboxylic acids is 2. The van der Waals surface area contributed by atoms with Crippen LogP contribution in [0.15, 0.2) is 0 Å². The Kier molecular flexibility index (Phi) is 1.46. The zero-order chi connectivity index (χ0) is 9.80. The van der Waals surface area contributed by atoms with E-state index in [0.29, 0.717) is 12.8 Å². The molecule has 4 atom stereocenters. The highest BCUT2D eigenvalue weighted by Gasteiger charge is 2.66. The van der Waals surface area contributed by atoms with Crippen molar-refractivity contribution in [1.82, 2.24) is 0 Å². The predicted molar refractivity (Wildman–Crippen MR) is 41.9 cm³/mol. The van der Waals surface area contributed by atoms with E-state index < -0.39 is 23.4 Å². The fourth-order valence-corrected chi connectivity index (χ4v) is 2.70. The van der Waals surface area contributed by atoms with Gasteiger partial charge < -0.3 is 15.9 Å². The second-order valence-corrected chi connectivity index (χ2v) is 4.02. The van der Waals surface area contributed by atoms with Gasteiger partial charge in [-0.05, 0) is 18.8 Å². The van der Waals surface area contributed by atoms with Gasteiger partial charge in [0.2, 0.25) is 0 Å². The number of rotatable bonds is 2. The SMILES string of the molecule is N[C@@]1(C(=O)O)C[C@@H]2C[C@H]1[C@@H]2C(=O)O. The summed E-state index contributed by atoms with van der Waals surface area (Å²) >= 11 is 0. The van der Waals surface area contributed by atoms with Crippen molar-refractivity contribution in [2.24, 2.45) is 23.5 Å². The monoisotopic (exact) mass is 185 g/mol. The Morgan fingerprint density at radius 1 is 1.38 bits per heavy atom. The molecule has 4 N–H and O–H groups in total. The maximum absolute atomic E-state index is 10.8. The lowest BCUT2D eigenvalue weighted by Gasteiger charge is -2.35. The lowest BCUT2D eigenvalue weighted by molar-refractivity contribution is -0.152.